The lowest BCUT2D eigenvalue weighted by atomic mass is 9.96. The van der Waals surface area contributed by atoms with Gasteiger partial charge in [0.2, 0.25) is 0 Å². The van der Waals surface area contributed by atoms with E-state index in [0.29, 0.717) is 0 Å². The molecule has 0 aliphatic heterocycles. The van der Waals surface area contributed by atoms with Gasteiger partial charge in [-0.3, -0.25) is 0 Å². The SMILES string of the molecule is c1ccc(-c2cc(-c3ccc(-c4ccc(-c5ccc(N(c6ccccc6)c6cccc7ccccc67)cc5)cc4)cc3)nc(-c3ccc(-c4ccc(-c5ccc(N(c6ccccc6)c6cccc7ccccc67)cc5)cc4)cc3)c2)cc1. The van der Waals surface area contributed by atoms with Crippen LogP contribution in [-0.4, -0.2) is 4.98 Å². The molecule has 1 heterocycles. The fraction of sp³-hybridized carbons (Fsp3) is 0. The molecular weight excluding hydrogens is 991 g/mol. The molecule has 14 rings (SSSR count). The van der Waals surface area contributed by atoms with E-state index in [4.69, 9.17) is 4.98 Å². The van der Waals surface area contributed by atoms with Gasteiger partial charge in [0.15, 0.2) is 0 Å². The molecule has 0 spiro atoms. The second kappa shape index (κ2) is 22.1. The third-order valence-electron chi connectivity index (χ3n) is 15.7. The number of pyridine rings is 1. The molecule has 386 valence electrons. The zero-order chi connectivity index (χ0) is 54.6. The van der Waals surface area contributed by atoms with Crippen LogP contribution in [0.15, 0.2) is 334 Å². The molecule has 0 aliphatic carbocycles. The Balaban J connectivity index is 0.688. The van der Waals surface area contributed by atoms with E-state index in [-0.39, 0.29) is 0 Å². The second-order valence-corrected chi connectivity index (χ2v) is 20.7. The Bertz CT molecular complexity index is 4200. The van der Waals surface area contributed by atoms with Crippen LogP contribution in [0.3, 0.4) is 0 Å². The third-order valence-corrected chi connectivity index (χ3v) is 15.7. The van der Waals surface area contributed by atoms with Crippen molar-refractivity contribution in [2.75, 3.05) is 9.80 Å². The Hall–Kier alpha value is -10.9. The van der Waals surface area contributed by atoms with Crippen molar-refractivity contribution in [1.29, 1.82) is 0 Å². The van der Waals surface area contributed by atoms with Gasteiger partial charge < -0.3 is 9.80 Å². The molecule has 82 heavy (non-hydrogen) atoms. The van der Waals surface area contributed by atoms with Crippen molar-refractivity contribution >= 4 is 55.7 Å². The van der Waals surface area contributed by atoms with Crippen LogP contribution in [0, 0.1) is 0 Å². The van der Waals surface area contributed by atoms with E-state index in [1.807, 2.05) is 0 Å². The van der Waals surface area contributed by atoms with Gasteiger partial charge >= 0.3 is 0 Å². The first-order valence-corrected chi connectivity index (χ1v) is 28.0. The molecule has 3 nitrogen and oxygen atoms in total. The fourth-order valence-electron chi connectivity index (χ4n) is 11.4. The largest absolute Gasteiger partial charge is 0.310 e. The molecular formula is C79H55N3. The summed E-state index contributed by atoms with van der Waals surface area (Å²) in [6, 6.07) is 120. The molecule has 0 fully saturated rings. The summed E-state index contributed by atoms with van der Waals surface area (Å²) in [5, 5.41) is 4.87. The van der Waals surface area contributed by atoms with E-state index in [0.717, 1.165) is 90.0 Å². The minimum Gasteiger partial charge on any atom is -0.310 e. The standard InChI is InChI=1S/C79H55N3/c1-4-16-56(17-5-1)69-54-76(67-42-38-61(39-43-67)57-30-34-59(35-31-57)63-46-50-72(51-47-63)81(70-22-6-2-7-23-70)78-28-14-20-65-18-10-12-26-74(65)78)80-77(55-69)68-44-40-62(41-45-68)58-32-36-60(37-33-58)64-48-52-73(53-49-64)82(71-24-8-3-9-25-71)79-29-15-21-66-19-11-13-27-75(66)79/h1-55H. The average molecular weight is 1050 g/mol. The van der Waals surface area contributed by atoms with Gasteiger partial charge in [0.05, 0.1) is 22.8 Å². The lowest BCUT2D eigenvalue weighted by molar-refractivity contribution is 1.30. The van der Waals surface area contributed by atoms with E-state index in [1.54, 1.807) is 0 Å². The van der Waals surface area contributed by atoms with Crippen molar-refractivity contribution in [2.24, 2.45) is 0 Å². The highest BCUT2D eigenvalue weighted by Gasteiger charge is 2.18. The molecule has 0 aliphatic rings. The van der Waals surface area contributed by atoms with Crippen LogP contribution in [0.25, 0.3) is 99.7 Å². The van der Waals surface area contributed by atoms with Crippen molar-refractivity contribution in [3.05, 3.63) is 334 Å². The quantitative estimate of drug-likeness (QED) is 0.115. The summed E-state index contributed by atoms with van der Waals surface area (Å²) in [7, 11) is 0. The minimum absolute atomic E-state index is 0.932. The molecule has 3 heteroatoms. The first-order valence-electron chi connectivity index (χ1n) is 28.0. The normalized spacial score (nSPS) is 11.2. The van der Waals surface area contributed by atoms with Crippen molar-refractivity contribution in [3.63, 3.8) is 0 Å². The Kier molecular flexibility index (Phi) is 13.3. The predicted molar refractivity (Wildman–Crippen MR) is 347 cm³/mol. The summed E-state index contributed by atoms with van der Waals surface area (Å²) in [6.07, 6.45) is 0. The summed E-state index contributed by atoms with van der Waals surface area (Å²) in [5.74, 6) is 0. The molecule has 0 amide bonds. The van der Waals surface area contributed by atoms with Gasteiger partial charge in [-0.2, -0.15) is 0 Å². The first-order chi connectivity index (χ1) is 40.6. The van der Waals surface area contributed by atoms with Gasteiger partial charge in [-0.1, -0.05) is 261 Å². The lowest BCUT2D eigenvalue weighted by Crippen LogP contribution is -2.10. The fourth-order valence-corrected chi connectivity index (χ4v) is 11.4. The zero-order valence-corrected chi connectivity index (χ0v) is 45.1. The van der Waals surface area contributed by atoms with Crippen molar-refractivity contribution in [1.82, 2.24) is 4.98 Å². The van der Waals surface area contributed by atoms with Crippen LogP contribution in [0.2, 0.25) is 0 Å². The molecule has 0 saturated heterocycles. The summed E-state index contributed by atoms with van der Waals surface area (Å²) in [6.45, 7) is 0. The van der Waals surface area contributed by atoms with Crippen LogP contribution in [0.5, 0.6) is 0 Å². The summed E-state index contributed by atoms with van der Waals surface area (Å²) in [5.41, 5.74) is 22.4. The molecule has 0 atom stereocenters. The second-order valence-electron chi connectivity index (χ2n) is 20.7. The Morgan fingerprint density at radius 2 is 0.439 bits per heavy atom. The number of benzene rings is 13. The molecule has 13 aromatic carbocycles. The molecule has 1 aromatic heterocycles. The monoisotopic (exact) mass is 1050 g/mol. The van der Waals surface area contributed by atoms with Gasteiger partial charge in [0, 0.05) is 44.6 Å². The Labute approximate surface area is 479 Å². The molecule has 14 aromatic rings. The first kappa shape index (κ1) is 49.4. The zero-order valence-electron chi connectivity index (χ0n) is 45.1. The van der Waals surface area contributed by atoms with E-state index in [2.05, 4.69) is 343 Å². The summed E-state index contributed by atoms with van der Waals surface area (Å²) >= 11 is 0. The number of aromatic nitrogens is 1. The molecule has 0 N–H and O–H groups in total. The maximum absolute atomic E-state index is 5.32. The highest BCUT2D eigenvalue weighted by atomic mass is 15.1. The number of anilines is 6. The van der Waals surface area contributed by atoms with Crippen LogP contribution in [0.4, 0.5) is 34.1 Å². The molecule has 0 saturated carbocycles. The summed E-state index contributed by atoms with van der Waals surface area (Å²) in [4.78, 5) is 10.0. The van der Waals surface area contributed by atoms with E-state index >= 15 is 0 Å². The molecule has 0 unspecified atom stereocenters. The van der Waals surface area contributed by atoms with Crippen molar-refractivity contribution in [2.45, 2.75) is 0 Å². The number of fused-ring (bicyclic) bond motifs is 2. The van der Waals surface area contributed by atoms with Gasteiger partial charge in [-0.25, -0.2) is 4.98 Å². The van der Waals surface area contributed by atoms with E-state index in [9.17, 15) is 0 Å². The van der Waals surface area contributed by atoms with Crippen LogP contribution < -0.4 is 9.80 Å². The van der Waals surface area contributed by atoms with Crippen LogP contribution >= 0.6 is 0 Å². The third kappa shape index (κ3) is 10.0. The molecule has 0 radical (unpaired) electrons. The number of nitrogens with zero attached hydrogens (tertiary/aromatic N) is 3. The van der Waals surface area contributed by atoms with Gasteiger partial charge in [-0.15, -0.1) is 0 Å². The lowest BCUT2D eigenvalue weighted by Gasteiger charge is -2.27. The van der Waals surface area contributed by atoms with Gasteiger partial charge in [-0.05, 0) is 139 Å². The van der Waals surface area contributed by atoms with Crippen molar-refractivity contribution in [3.8, 4) is 78.1 Å². The maximum atomic E-state index is 5.32. The molecule has 0 bridgehead atoms. The number of hydrogen-bond acceptors (Lipinski definition) is 3. The van der Waals surface area contributed by atoms with Gasteiger partial charge in [0.1, 0.15) is 0 Å². The minimum atomic E-state index is 0.932. The van der Waals surface area contributed by atoms with Gasteiger partial charge in [0.25, 0.3) is 0 Å². The smallest absolute Gasteiger partial charge is 0.0715 e. The predicted octanol–water partition coefficient (Wildman–Crippen LogP) is 22.0. The number of hydrogen-bond donors (Lipinski definition) is 0. The summed E-state index contributed by atoms with van der Waals surface area (Å²) < 4.78 is 0. The van der Waals surface area contributed by atoms with Crippen LogP contribution in [0.1, 0.15) is 0 Å². The topological polar surface area (TPSA) is 19.4 Å². The van der Waals surface area contributed by atoms with Crippen molar-refractivity contribution < 1.29 is 0 Å². The Morgan fingerprint density at radius 3 is 0.793 bits per heavy atom. The highest BCUT2D eigenvalue weighted by Crippen LogP contribution is 2.42. The van der Waals surface area contributed by atoms with Crippen LogP contribution in [-0.2, 0) is 0 Å². The Morgan fingerprint density at radius 1 is 0.183 bits per heavy atom. The van der Waals surface area contributed by atoms with E-state index < -0.39 is 0 Å². The number of para-hydroxylation sites is 2. The number of rotatable bonds is 13. The highest BCUT2D eigenvalue weighted by molar-refractivity contribution is 6.00. The maximum Gasteiger partial charge on any atom is 0.0715 e. The average Bonchev–Trinajstić information content (AvgIpc) is 3.66. The van der Waals surface area contributed by atoms with E-state index in [1.165, 1.54) is 43.8 Å².